The van der Waals surface area contributed by atoms with Crippen molar-refractivity contribution in [2.75, 3.05) is 19.6 Å². The van der Waals surface area contributed by atoms with Gasteiger partial charge in [0.1, 0.15) is 0 Å². The van der Waals surface area contributed by atoms with E-state index in [4.69, 9.17) is 0 Å². The maximum absolute atomic E-state index is 11.9. The molecule has 1 atom stereocenters. The summed E-state index contributed by atoms with van der Waals surface area (Å²) in [6, 6.07) is 0. The minimum Gasteiger partial charge on any atom is -0.391 e. The highest BCUT2D eigenvalue weighted by molar-refractivity contribution is 7.87. The second kappa shape index (κ2) is 6.13. The van der Waals surface area contributed by atoms with Gasteiger partial charge in [-0.05, 0) is 24.7 Å². The molecule has 1 aliphatic heterocycles. The molecule has 1 fully saturated rings. The molecule has 2 N–H and O–H groups in total. The first-order chi connectivity index (χ1) is 7.83. The highest BCUT2D eigenvalue weighted by Crippen LogP contribution is 2.17. The Hall–Kier alpha value is -0.170. The van der Waals surface area contributed by atoms with Crippen molar-refractivity contribution in [2.45, 2.75) is 39.7 Å². The molecule has 102 valence electrons. The minimum absolute atomic E-state index is 0.0547. The molecular weight excluding hydrogens is 240 g/mol. The van der Waals surface area contributed by atoms with E-state index in [1.54, 1.807) is 0 Å². The van der Waals surface area contributed by atoms with E-state index in [0.29, 0.717) is 19.0 Å². The number of hydrogen-bond acceptors (Lipinski definition) is 3. The van der Waals surface area contributed by atoms with Crippen molar-refractivity contribution in [3.8, 4) is 0 Å². The predicted molar refractivity (Wildman–Crippen MR) is 67.7 cm³/mol. The fourth-order valence-corrected chi connectivity index (χ4v) is 3.00. The average Bonchev–Trinajstić information content (AvgIpc) is 2.26. The molecule has 6 heteroatoms. The highest BCUT2D eigenvalue weighted by Gasteiger charge is 2.26. The van der Waals surface area contributed by atoms with Crippen LogP contribution in [-0.2, 0) is 10.2 Å². The molecular formula is C11H24N2O3S. The van der Waals surface area contributed by atoms with Gasteiger partial charge < -0.3 is 5.11 Å². The molecule has 0 aromatic carbocycles. The van der Waals surface area contributed by atoms with E-state index < -0.39 is 16.3 Å². The van der Waals surface area contributed by atoms with E-state index in [0.717, 1.165) is 12.8 Å². The molecule has 0 aromatic heterocycles. The third-order valence-corrected chi connectivity index (χ3v) is 4.90. The molecule has 0 bridgehead atoms. The van der Waals surface area contributed by atoms with Gasteiger partial charge in [0.25, 0.3) is 10.2 Å². The number of aliphatic hydroxyl groups excluding tert-OH is 1. The second-order valence-electron chi connectivity index (χ2n) is 5.25. The normalized spacial score (nSPS) is 21.9. The number of nitrogens with one attached hydrogen (secondary N) is 1. The molecule has 1 rings (SSSR count). The number of piperidine rings is 1. The summed E-state index contributed by atoms with van der Waals surface area (Å²) in [6.07, 6.45) is 1.19. The van der Waals surface area contributed by atoms with Crippen LogP contribution in [-0.4, -0.2) is 43.6 Å². The topological polar surface area (TPSA) is 69.6 Å². The summed E-state index contributed by atoms with van der Waals surface area (Å²) in [5.74, 6) is 0.654. The molecule has 0 saturated carbocycles. The third kappa shape index (κ3) is 4.54. The van der Waals surface area contributed by atoms with Crippen molar-refractivity contribution in [3.05, 3.63) is 0 Å². The standard InChI is InChI=1S/C11H24N2O3S/c1-9(2)11(14)8-12-17(15,16)13-6-4-10(3)5-7-13/h9-12,14H,4-8H2,1-3H3. The summed E-state index contributed by atoms with van der Waals surface area (Å²) in [7, 11) is -3.41. The molecule has 17 heavy (non-hydrogen) atoms. The molecule has 1 unspecified atom stereocenters. The number of rotatable bonds is 5. The van der Waals surface area contributed by atoms with Gasteiger partial charge in [0.05, 0.1) is 6.10 Å². The molecule has 0 aromatic rings. The predicted octanol–water partition coefficient (Wildman–Crippen LogP) is 0.570. The van der Waals surface area contributed by atoms with Crippen LogP contribution >= 0.6 is 0 Å². The van der Waals surface area contributed by atoms with Crippen LogP contribution in [0.2, 0.25) is 0 Å². The smallest absolute Gasteiger partial charge is 0.279 e. The van der Waals surface area contributed by atoms with Gasteiger partial charge in [0.2, 0.25) is 0 Å². The zero-order chi connectivity index (χ0) is 13.1. The fourth-order valence-electron chi connectivity index (χ4n) is 1.74. The zero-order valence-corrected chi connectivity index (χ0v) is 11.7. The Morgan fingerprint density at radius 3 is 2.35 bits per heavy atom. The Bertz CT molecular complexity index is 322. The largest absolute Gasteiger partial charge is 0.391 e. The number of hydrogen-bond donors (Lipinski definition) is 2. The molecule has 0 amide bonds. The van der Waals surface area contributed by atoms with Gasteiger partial charge in [0, 0.05) is 19.6 Å². The number of aliphatic hydroxyl groups is 1. The Labute approximate surface area is 104 Å². The van der Waals surface area contributed by atoms with Crippen LogP contribution in [0.5, 0.6) is 0 Å². The van der Waals surface area contributed by atoms with Gasteiger partial charge in [-0.25, -0.2) is 0 Å². The van der Waals surface area contributed by atoms with Gasteiger partial charge in [-0.1, -0.05) is 20.8 Å². The SMILES string of the molecule is CC1CCN(S(=O)(=O)NCC(O)C(C)C)CC1. The molecule has 0 spiro atoms. The average molecular weight is 264 g/mol. The Kier molecular flexibility index (Phi) is 5.37. The zero-order valence-electron chi connectivity index (χ0n) is 10.9. The Morgan fingerprint density at radius 1 is 1.35 bits per heavy atom. The van der Waals surface area contributed by atoms with Crippen LogP contribution in [0.15, 0.2) is 0 Å². The van der Waals surface area contributed by atoms with Gasteiger partial charge >= 0.3 is 0 Å². The first-order valence-electron chi connectivity index (χ1n) is 6.25. The minimum atomic E-state index is -3.41. The second-order valence-corrected chi connectivity index (χ2v) is 7.00. The van der Waals surface area contributed by atoms with Crippen LogP contribution < -0.4 is 4.72 Å². The van der Waals surface area contributed by atoms with Crippen LogP contribution in [0.25, 0.3) is 0 Å². The van der Waals surface area contributed by atoms with E-state index in [1.165, 1.54) is 4.31 Å². The maximum atomic E-state index is 11.9. The highest BCUT2D eigenvalue weighted by atomic mass is 32.2. The van der Waals surface area contributed by atoms with Crippen molar-refractivity contribution in [3.63, 3.8) is 0 Å². The van der Waals surface area contributed by atoms with Crippen LogP contribution in [0.1, 0.15) is 33.6 Å². The lowest BCUT2D eigenvalue weighted by Crippen LogP contribution is -2.47. The van der Waals surface area contributed by atoms with E-state index >= 15 is 0 Å². The molecule has 1 heterocycles. The van der Waals surface area contributed by atoms with Crippen LogP contribution in [0, 0.1) is 11.8 Å². The van der Waals surface area contributed by atoms with E-state index in [9.17, 15) is 13.5 Å². The van der Waals surface area contributed by atoms with Gasteiger partial charge in [-0.3, -0.25) is 0 Å². The van der Waals surface area contributed by atoms with Crippen molar-refractivity contribution in [2.24, 2.45) is 11.8 Å². The summed E-state index contributed by atoms with van der Waals surface area (Å²) in [5, 5.41) is 9.58. The molecule has 0 aliphatic carbocycles. The first-order valence-corrected chi connectivity index (χ1v) is 7.69. The lowest BCUT2D eigenvalue weighted by atomic mass is 10.0. The number of nitrogens with zero attached hydrogens (tertiary/aromatic N) is 1. The van der Waals surface area contributed by atoms with Gasteiger partial charge in [0.15, 0.2) is 0 Å². The molecule has 1 saturated heterocycles. The lowest BCUT2D eigenvalue weighted by Gasteiger charge is -2.29. The molecule has 1 aliphatic rings. The van der Waals surface area contributed by atoms with Gasteiger partial charge in [-0.2, -0.15) is 17.4 Å². The maximum Gasteiger partial charge on any atom is 0.279 e. The summed E-state index contributed by atoms with van der Waals surface area (Å²) < 4.78 is 27.8. The van der Waals surface area contributed by atoms with Crippen molar-refractivity contribution < 1.29 is 13.5 Å². The van der Waals surface area contributed by atoms with Crippen molar-refractivity contribution in [1.82, 2.24) is 9.03 Å². The van der Waals surface area contributed by atoms with Gasteiger partial charge in [-0.15, -0.1) is 0 Å². The monoisotopic (exact) mass is 264 g/mol. The molecule has 5 nitrogen and oxygen atoms in total. The third-order valence-electron chi connectivity index (χ3n) is 3.33. The van der Waals surface area contributed by atoms with E-state index in [1.807, 2.05) is 13.8 Å². The summed E-state index contributed by atoms with van der Waals surface area (Å²) in [4.78, 5) is 0. The summed E-state index contributed by atoms with van der Waals surface area (Å²) >= 11 is 0. The van der Waals surface area contributed by atoms with Crippen molar-refractivity contribution in [1.29, 1.82) is 0 Å². The van der Waals surface area contributed by atoms with Crippen LogP contribution in [0.4, 0.5) is 0 Å². The van der Waals surface area contributed by atoms with E-state index in [2.05, 4.69) is 11.6 Å². The lowest BCUT2D eigenvalue weighted by molar-refractivity contribution is 0.128. The Morgan fingerprint density at radius 2 is 1.88 bits per heavy atom. The fraction of sp³-hybridized carbons (Fsp3) is 1.00. The first kappa shape index (κ1) is 14.9. The quantitative estimate of drug-likeness (QED) is 0.763. The van der Waals surface area contributed by atoms with Crippen molar-refractivity contribution >= 4 is 10.2 Å². The van der Waals surface area contributed by atoms with Crippen LogP contribution in [0.3, 0.4) is 0 Å². The summed E-state index contributed by atoms with van der Waals surface area (Å²) in [6.45, 7) is 7.11. The summed E-state index contributed by atoms with van der Waals surface area (Å²) in [5.41, 5.74) is 0. The van der Waals surface area contributed by atoms with E-state index in [-0.39, 0.29) is 12.5 Å². The Balaban J connectivity index is 2.46. The molecule has 0 radical (unpaired) electrons.